The van der Waals surface area contributed by atoms with Gasteiger partial charge in [-0.15, -0.1) is 17.9 Å². The van der Waals surface area contributed by atoms with Gasteiger partial charge < -0.3 is 4.90 Å². The fraction of sp³-hybridized carbons (Fsp3) is 0.278. The predicted octanol–water partition coefficient (Wildman–Crippen LogP) is 3.90. The van der Waals surface area contributed by atoms with Crippen molar-refractivity contribution in [1.82, 2.24) is 19.7 Å². The maximum Gasteiger partial charge on any atom is 0.256 e. The Kier molecular flexibility index (Phi) is 4.76. The Balaban J connectivity index is 1.89. The van der Waals surface area contributed by atoms with Gasteiger partial charge in [0.05, 0.1) is 18.3 Å². The highest BCUT2D eigenvalue weighted by atomic mass is 32.1. The monoisotopic (exact) mass is 340 g/mol. The van der Waals surface area contributed by atoms with Crippen LogP contribution in [0, 0.1) is 0 Å². The Morgan fingerprint density at radius 1 is 1.46 bits per heavy atom. The first-order valence-corrected chi connectivity index (χ1v) is 8.74. The van der Waals surface area contributed by atoms with Gasteiger partial charge >= 0.3 is 0 Å². The van der Waals surface area contributed by atoms with Crippen molar-refractivity contribution < 1.29 is 4.79 Å². The lowest BCUT2D eigenvalue weighted by atomic mass is 10.2. The zero-order chi connectivity index (χ0) is 17.1. The summed E-state index contributed by atoms with van der Waals surface area (Å²) in [4.78, 5) is 20.2. The molecular weight excluding hydrogens is 320 g/mol. The van der Waals surface area contributed by atoms with Gasteiger partial charge in [-0.05, 0) is 31.4 Å². The number of amides is 1. The zero-order valence-electron chi connectivity index (χ0n) is 13.8. The number of thiophene rings is 1. The topological polar surface area (TPSA) is 51.0 Å². The molecule has 1 amide bonds. The highest BCUT2D eigenvalue weighted by Crippen LogP contribution is 2.19. The maximum absolute atomic E-state index is 12.9. The van der Waals surface area contributed by atoms with Crippen LogP contribution in [0.4, 0.5) is 0 Å². The van der Waals surface area contributed by atoms with Gasteiger partial charge in [-0.25, -0.2) is 9.67 Å². The molecule has 0 saturated heterocycles. The molecule has 0 bridgehead atoms. The van der Waals surface area contributed by atoms with E-state index in [1.807, 2.05) is 28.3 Å². The minimum atomic E-state index is -0.0463. The molecule has 5 nitrogen and oxygen atoms in total. The van der Waals surface area contributed by atoms with Gasteiger partial charge in [-0.2, -0.15) is 5.10 Å². The minimum absolute atomic E-state index is 0.0463. The van der Waals surface area contributed by atoms with Gasteiger partial charge in [0.2, 0.25) is 0 Å². The first-order valence-electron chi connectivity index (χ1n) is 7.86. The zero-order valence-corrected chi connectivity index (χ0v) is 14.7. The number of rotatable bonds is 6. The molecule has 24 heavy (non-hydrogen) atoms. The average molecular weight is 340 g/mol. The number of hydrogen-bond donors (Lipinski definition) is 0. The van der Waals surface area contributed by atoms with E-state index < -0.39 is 0 Å². The van der Waals surface area contributed by atoms with E-state index in [-0.39, 0.29) is 11.9 Å². The van der Waals surface area contributed by atoms with E-state index >= 15 is 0 Å². The van der Waals surface area contributed by atoms with E-state index in [4.69, 9.17) is 0 Å². The smallest absolute Gasteiger partial charge is 0.256 e. The standard InChI is InChI=1S/C18H20N4OS/c1-4-7-21(12-16-6-5-8-24-16)18(23)15-9-14-11-20-22(13(2)3)17(14)19-10-15/h4-6,8-11,13H,1,7,12H2,2-3H3. The van der Waals surface area contributed by atoms with E-state index in [0.717, 1.165) is 15.9 Å². The molecule has 0 unspecified atom stereocenters. The predicted molar refractivity (Wildman–Crippen MR) is 97.2 cm³/mol. The number of pyridine rings is 1. The number of carbonyl (C=O) groups excluding carboxylic acids is 1. The Morgan fingerprint density at radius 3 is 2.96 bits per heavy atom. The summed E-state index contributed by atoms with van der Waals surface area (Å²) in [5.74, 6) is -0.0463. The van der Waals surface area contributed by atoms with Crippen molar-refractivity contribution in [3.63, 3.8) is 0 Å². The van der Waals surface area contributed by atoms with E-state index in [1.165, 1.54) is 0 Å². The quantitative estimate of drug-likeness (QED) is 0.640. The third kappa shape index (κ3) is 3.23. The third-order valence-corrected chi connectivity index (χ3v) is 4.59. The molecule has 3 aromatic heterocycles. The first kappa shape index (κ1) is 16.4. The second-order valence-corrected chi connectivity index (χ2v) is 6.91. The molecule has 0 aliphatic heterocycles. The van der Waals surface area contributed by atoms with Crippen molar-refractivity contribution >= 4 is 28.3 Å². The average Bonchev–Trinajstić information content (AvgIpc) is 3.22. The molecule has 3 aromatic rings. The summed E-state index contributed by atoms with van der Waals surface area (Å²) in [6.45, 7) is 8.95. The van der Waals surface area contributed by atoms with Gasteiger partial charge in [0, 0.05) is 29.0 Å². The third-order valence-electron chi connectivity index (χ3n) is 3.73. The molecule has 0 fully saturated rings. The molecule has 3 rings (SSSR count). The van der Waals surface area contributed by atoms with Crippen LogP contribution < -0.4 is 0 Å². The molecule has 3 heterocycles. The second-order valence-electron chi connectivity index (χ2n) is 5.87. The van der Waals surface area contributed by atoms with E-state index in [0.29, 0.717) is 18.7 Å². The molecule has 0 N–H and O–H groups in total. The SMILES string of the molecule is C=CCN(Cc1cccs1)C(=O)c1cnc2c(cnn2C(C)C)c1. The highest BCUT2D eigenvalue weighted by molar-refractivity contribution is 7.09. The fourth-order valence-corrected chi connectivity index (χ4v) is 3.30. The van der Waals surface area contributed by atoms with Crippen LogP contribution in [0.5, 0.6) is 0 Å². The summed E-state index contributed by atoms with van der Waals surface area (Å²) < 4.78 is 1.86. The van der Waals surface area contributed by atoms with E-state index in [9.17, 15) is 4.79 Å². The molecular formula is C18H20N4OS. The Bertz CT molecular complexity index is 851. The van der Waals surface area contributed by atoms with Crippen molar-refractivity contribution in [3.05, 3.63) is 59.1 Å². The van der Waals surface area contributed by atoms with E-state index in [1.54, 1.807) is 34.7 Å². The maximum atomic E-state index is 12.9. The van der Waals surface area contributed by atoms with Crippen LogP contribution in [0.15, 0.2) is 48.6 Å². The van der Waals surface area contributed by atoms with Gasteiger partial charge in [-0.1, -0.05) is 12.1 Å². The summed E-state index contributed by atoms with van der Waals surface area (Å²) >= 11 is 1.64. The molecule has 0 aliphatic carbocycles. The van der Waals surface area contributed by atoms with E-state index in [2.05, 4.69) is 30.5 Å². The fourth-order valence-electron chi connectivity index (χ4n) is 2.58. The Morgan fingerprint density at radius 2 is 2.29 bits per heavy atom. The molecule has 0 saturated carbocycles. The number of nitrogens with zero attached hydrogens (tertiary/aromatic N) is 4. The van der Waals surface area contributed by atoms with Crippen molar-refractivity contribution in [3.8, 4) is 0 Å². The van der Waals surface area contributed by atoms with Gasteiger partial charge in [0.1, 0.15) is 0 Å². The number of fused-ring (bicyclic) bond motifs is 1. The largest absolute Gasteiger partial charge is 0.330 e. The second kappa shape index (κ2) is 6.97. The summed E-state index contributed by atoms with van der Waals surface area (Å²) in [6.07, 6.45) is 5.14. The Labute approximate surface area is 145 Å². The van der Waals surface area contributed by atoms with Gasteiger partial charge in [0.25, 0.3) is 5.91 Å². The van der Waals surface area contributed by atoms with Crippen molar-refractivity contribution in [2.24, 2.45) is 0 Å². The number of aromatic nitrogens is 3. The van der Waals surface area contributed by atoms with Crippen LogP contribution in [0.25, 0.3) is 11.0 Å². The lowest BCUT2D eigenvalue weighted by Crippen LogP contribution is -2.30. The van der Waals surface area contributed by atoms with Crippen molar-refractivity contribution in [2.45, 2.75) is 26.4 Å². The van der Waals surface area contributed by atoms with Crippen LogP contribution in [0.2, 0.25) is 0 Å². The molecule has 0 radical (unpaired) electrons. The first-order chi connectivity index (χ1) is 11.6. The number of carbonyl (C=O) groups is 1. The minimum Gasteiger partial charge on any atom is -0.330 e. The van der Waals surface area contributed by atoms with Gasteiger partial charge in [0.15, 0.2) is 5.65 Å². The normalized spacial score (nSPS) is 11.1. The molecule has 0 aromatic carbocycles. The Hall–Kier alpha value is -2.47. The summed E-state index contributed by atoms with van der Waals surface area (Å²) in [7, 11) is 0. The van der Waals surface area contributed by atoms with Crippen molar-refractivity contribution in [1.29, 1.82) is 0 Å². The molecule has 0 atom stereocenters. The van der Waals surface area contributed by atoms with Crippen LogP contribution in [-0.2, 0) is 6.54 Å². The van der Waals surface area contributed by atoms with Crippen LogP contribution in [0.1, 0.15) is 35.1 Å². The summed E-state index contributed by atoms with van der Waals surface area (Å²) in [5, 5.41) is 7.24. The highest BCUT2D eigenvalue weighted by Gasteiger charge is 2.17. The lowest BCUT2D eigenvalue weighted by molar-refractivity contribution is 0.0764. The van der Waals surface area contributed by atoms with Crippen LogP contribution in [-0.4, -0.2) is 32.1 Å². The lowest BCUT2D eigenvalue weighted by Gasteiger charge is -2.20. The molecule has 0 aliphatic rings. The van der Waals surface area contributed by atoms with Crippen LogP contribution in [0.3, 0.4) is 0 Å². The van der Waals surface area contributed by atoms with Gasteiger partial charge in [-0.3, -0.25) is 4.79 Å². The summed E-state index contributed by atoms with van der Waals surface area (Å²) in [5.41, 5.74) is 1.37. The molecule has 124 valence electrons. The van der Waals surface area contributed by atoms with Crippen molar-refractivity contribution in [2.75, 3.05) is 6.54 Å². The summed E-state index contributed by atoms with van der Waals surface area (Å²) in [6, 6.07) is 6.11. The molecule has 6 heteroatoms. The molecule has 0 spiro atoms. The number of hydrogen-bond acceptors (Lipinski definition) is 4. The van der Waals surface area contributed by atoms with Crippen LogP contribution >= 0.6 is 11.3 Å².